The summed E-state index contributed by atoms with van der Waals surface area (Å²) in [4.78, 5) is 2.97. The fourth-order valence-electron chi connectivity index (χ4n) is 1.93. The molecule has 0 atom stereocenters. The Kier molecular flexibility index (Phi) is 5.13. The average molecular weight is 298 g/mol. The van der Waals surface area contributed by atoms with E-state index in [-0.39, 0.29) is 0 Å². The van der Waals surface area contributed by atoms with Crippen molar-refractivity contribution in [2.24, 2.45) is 0 Å². The van der Waals surface area contributed by atoms with Gasteiger partial charge in [0, 0.05) is 30.7 Å². The van der Waals surface area contributed by atoms with Crippen LogP contribution in [0.15, 0.2) is 47.4 Å². The number of hydrogen-bond acceptors (Lipinski definition) is 4. The van der Waals surface area contributed by atoms with E-state index in [9.17, 15) is 5.26 Å². The number of anilines is 1. The van der Waals surface area contributed by atoms with Crippen LogP contribution in [-0.2, 0) is 0 Å². The molecule has 0 radical (unpaired) electrons. The van der Waals surface area contributed by atoms with E-state index in [1.165, 1.54) is 0 Å². The van der Waals surface area contributed by atoms with E-state index < -0.39 is 0 Å². The minimum Gasteiger partial charge on any atom is -0.456 e. The van der Waals surface area contributed by atoms with Crippen LogP contribution in [0.4, 0.5) is 5.69 Å². The van der Waals surface area contributed by atoms with E-state index in [2.05, 4.69) is 13.0 Å². The van der Waals surface area contributed by atoms with Gasteiger partial charge in [-0.3, -0.25) is 0 Å². The first-order valence-corrected chi connectivity index (χ1v) is 7.75. The summed E-state index contributed by atoms with van der Waals surface area (Å²) in [5, 5.41) is 9.40. The Morgan fingerprint density at radius 2 is 1.95 bits per heavy atom. The van der Waals surface area contributed by atoms with Crippen LogP contribution >= 0.6 is 11.8 Å². The fourth-order valence-corrected chi connectivity index (χ4v) is 2.71. The van der Waals surface area contributed by atoms with Crippen LogP contribution in [0.1, 0.15) is 12.5 Å². The van der Waals surface area contributed by atoms with Crippen LogP contribution in [0.3, 0.4) is 0 Å². The maximum atomic E-state index is 9.40. The van der Waals surface area contributed by atoms with Crippen LogP contribution in [-0.4, -0.2) is 19.8 Å². The first kappa shape index (κ1) is 15.3. The zero-order chi connectivity index (χ0) is 15.2. The van der Waals surface area contributed by atoms with Crippen molar-refractivity contribution in [3.63, 3.8) is 0 Å². The van der Waals surface area contributed by atoms with Crippen molar-refractivity contribution in [2.75, 3.05) is 24.7 Å². The Morgan fingerprint density at radius 3 is 2.62 bits per heavy atom. The number of benzene rings is 2. The third-order valence-corrected chi connectivity index (χ3v) is 3.90. The predicted molar refractivity (Wildman–Crippen MR) is 88.4 cm³/mol. The van der Waals surface area contributed by atoms with Gasteiger partial charge in [0.1, 0.15) is 23.1 Å². The molecule has 3 nitrogen and oxygen atoms in total. The molecule has 0 N–H and O–H groups in total. The van der Waals surface area contributed by atoms with Crippen molar-refractivity contribution in [3.8, 4) is 17.6 Å². The molecule has 0 aliphatic rings. The van der Waals surface area contributed by atoms with Gasteiger partial charge in [-0.25, -0.2) is 0 Å². The predicted octanol–water partition coefficient (Wildman–Crippen LogP) is 4.53. The van der Waals surface area contributed by atoms with E-state index in [0.29, 0.717) is 11.3 Å². The van der Waals surface area contributed by atoms with Gasteiger partial charge in [-0.15, -0.1) is 11.8 Å². The lowest BCUT2D eigenvalue weighted by atomic mass is 10.2. The van der Waals surface area contributed by atoms with Gasteiger partial charge in [-0.05, 0) is 30.0 Å². The second kappa shape index (κ2) is 7.05. The molecule has 21 heavy (non-hydrogen) atoms. The van der Waals surface area contributed by atoms with Gasteiger partial charge in [-0.1, -0.05) is 19.1 Å². The van der Waals surface area contributed by atoms with E-state index in [4.69, 9.17) is 4.74 Å². The Bertz CT molecular complexity index is 662. The molecule has 0 bridgehead atoms. The molecule has 4 heteroatoms. The molecule has 2 aromatic rings. The summed E-state index contributed by atoms with van der Waals surface area (Å²) in [6.07, 6.45) is 0. The lowest BCUT2D eigenvalue weighted by molar-refractivity contribution is 0.479. The maximum Gasteiger partial charge on any atom is 0.146 e. The van der Waals surface area contributed by atoms with Gasteiger partial charge < -0.3 is 9.64 Å². The fraction of sp³-hybridized carbons (Fsp3) is 0.235. The van der Waals surface area contributed by atoms with Crippen LogP contribution in [0, 0.1) is 11.3 Å². The molecule has 0 saturated carbocycles. The average Bonchev–Trinajstić information content (AvgIpc) is 2.48. The van der Waals surface area contributed by atoms with Crippen molar-refractivity contribution < 1.29 is 4.74 Å². The standard InChI is InChI=1S/C17H18N2OS/c1-4-21-17-10-6-9-16(15(17)12-18)20-14-8-5-7-13(11-14)19(2)3/h5-11H,4H2,1-3H3. The molecule has 0 aromatic heterocycles. The van der Waals surface area contributed by atoms with Crippen LogP contribution in [0.2, 0.25) is 0 Å². The molecule has 0 amide bonds. The number of nitriles is 1. The van der Waals surface area contributed by atoms with E-state index in [1.807, 2.05) is 61.5 Å². The van der Waals surface area contributed by atoms with Crippen molar-refractivity contribution >= 4 is 17.4 Å². The van der Waals surface area contributed by atoms with Crippen molar-refractivity contribution in [1.82, 2.24) is 0 Å². The zero-order valence-electron chi connectivity index (χ0n) is 12.5. The smallest absolute Gasteiger partial charge is 0.146 e. The van der Waals surface area contributed by atoms with Gasteiger partial charge in [-0.2, -0.15) is 5.26 Å². The van der Waals surface area contributed by atoms with Crippen LogP contribution < -0.4 is 9.64 Å². The second-order valence-electron chi connectivity index (χ2n) is 4.67. The molecule has 108 valence electrons. The number of rotatable bonds is 5. The Labute approximate surface area is 130 Å². The SMILES string of the molecule is CCSc1cccc(Oc2cccc(N(C)C)c2)c1C#N. The van der Waals surface area contributed by atoms with Gasteiger partial charge in [0.2, 0.25) is 0 Å². The summed E-state index contributed by atoms with van der Waals surface area (Å²) in [5.41, 5.74) is 1.66. The first-order valence-electron chi connectivity index (χ1n) is 6.77. The van der Waals surface area contributed by atoms with Gasteiger partial charge in [0.15, 0.2) is 0 Å². The summed E-state index contributed by atoms with van der Waals surface area (Å²) in [6.45, 7) is 2.07. The maximum absolute atomic E-state index is 9.40. The summed E-state index contributed by atoms with van der Waals surface area (Å²) < 4.78 is 5.92. The highest BCUT2D eigenvalue weighted by Gasteiger charge is 2.10. The van der Waals surface area contributed by atoms with E-state index >= 15 is 0 Å². The quantitative estimate of drug-likeness (QED) is 0.760. The summed E-state index contributed by atoms with van der Waals surface area (Å²) >= 11 is 1.65. The second-order valence-corrected chi connectivity index (χ2v) is 5.97. The zero-order valence-corrected chi connectivity index (χ0v) is 13.3. The number of thioether (sulfide) groups is 1. The lowest BCUT2D eigenvalue weighted by Gasteiger charge is -2.15. The van der Waals surface area contributed by atoms with Gasteiger partial charge in [0.05, 0.1) is 0 Å². The van der Waals surface area contributed by atoms with Crippen LogP contribution in [0.5, 0.6) is 11.5 Å². The molecule has 0 unspecified atom stereocenters. The number of nitrogens with zero attached hydrogens (tertiary/aromatic N) is 2. The topological polar surface area (TPSA) is 36.3 Å². The minimum atomic E-state index is 0.597. The molecule has 2 aromatic carbocycles. The van der Waals surface area contributed by atoms with Crippen LogP contribution in [0.25, 0.3) is 0 Å². The Morgan fingerprint density at radius 1 is 1.19 bits per heavy atom. The number of hydrogen-bond donors (Lipinski definition) is 0. The van der Waals surface area contributed by atoms with Gasteiger partial charge >= 0.3 is 0 Å². The van der Waals surface area contributed by atoms with E-state index in [1.54, 1.807) is 11.8 Å². The normalized spacial score (nSPS) is 10.0. The first-order chi connectivity index (χ1) is 10.2. The van der Waals surface area contributed by atoms with Crippen molar-refractivity contribution in [2.45, 2.75) is 11.8 Å². The Balaban J connectivity index is 2.33. The largest absolute Gasteiger partial charge is 0.456 e. The van der Waals surface area contributed by atoms with Crippen molar-refractivity contribution in [1.29, 1.82) is 5.26 Å². The third kappa shape index (κ3) is 3.71. The molecular formula is C17H18N2OS. The highest BCUT2D eigenvalue weighted by molar-refractivity contribution is 7.99. The molecule has 0 spiro atoms. The molecule has 0 heterocycles. The monoisotopic (exact) mass is 298 g/mol. The van der Waals surface area contributed by atoms with Crippen molar-refractivity contribution in [3.05, 3.63) is 48.0 Å². The summed E-state index contributed by atoms with van der Waals surface area (Å²) in [5.74, 6) is 2.26. The van der Waals surface area contributed by atoms with E-state index in [0.717, 1.165) is 22.1 Å². The van der Waals surface area contributed by atoms with Gasteiger partial charge in [0.25, 0.3) is 0 Å². The Hall–Kier alpha value is -2.12. The minimum absolute atomic E-state index is 0.597. The highest BCUT2D eigenvalue weighted by atomic mass is 32.2. The molecule has 0 saturated heterocycles. The lowest BCUT2D eigenvalue weighted by Crippen LogP contribution is -2.08. The molecule has 0 fully saturated rings. The highest BCUT2D eigenvalue weighted by Crippen LogP contribution is 2.33. The third-order valence-electron chi connectivity index (χ3n) is 2.96. The summed E-state index contributed by atoms with van der Waals surface area (Å²) in [7, 11) is 3.97. The molecule has 0 aliphatic carbocycles. The summed E-state index contributed by atoms with van der Waals surface area (Å²) in [6, 6.07) is 15.8. The molecule has 0 aliphatic heterocycles. The molecule has 2 rings (SSSR count). The number of ether oxygens (including phenoxy) is 1. The molecular weight excluding hydrogens is 280 g/mol.